The molecule has 1 heterocycles. The van der Waals surface area contributed by atoms with Gasteiger partial charge in [0.25, 0.3) is 0 Å². The summed E-state index contributed by atoms with van der Waals surface area (Å²) < 4.78 is 5.80. The fourth-order valence-corrected chi connectivity index (χ4v) is 2.21. The van der Waals surface area contributed by atoms with Crippen molar-refractivity contribution in [2.24, 2.45) is 5.92 Å². The van der Waals surface area contributed by atoms with Crippen LogP contribution in [-0.2, 0) is 9.53 Å². The van der Waals surface area contributed by atoms with Crippen molar-refractivity contribution >= 4 is 21.9 Å². The fraction of sp³-hybridized carbons (Fsp3) is 0.444. The Balaban J connectivity index is 2.26. The highest BCUT2D eigenvalue weighted by Crippen LogP contribution is 2.48. The molecule has 1 fully saturated rings. The topological polar surface area (TPSA) is 26.3 Å². The zero-order chi connectivity index (χ0) is 8.77. The minimum absolute atomic E-state index is 0.249. The number of carbonyl (C=O) groups is 1. The molecule has 2 nitrogen and oxygen atoms in total. The van der Waals surface area contributed by atoms with Gasteiger partial charge in [-0.2, -0.15) is 0 Å². The number of hydrogen-bond acceptors (Lipinski definition) is 2. The summed E-state index contributed by atoms with van der Waals surface area (Å²) in [4.78, 5) is 11.1. The van der Waals surface area contributed by atoms with Crippen LogP contribution < -0.4 is 0 Å². The Morgan fingerprint density at radius 3 is 2.92 bits per heavy atom. The van der Waals surface area contributed by atoms with E-state index in [0.717, 1.165) is 12.8 Å². The van der Waals surface area contributed by atoms with Crippen LogP contribution in [0.15, 0.2) is 23.2 Å². The van der Waals surface area contributed by atoms with Gasteiger partial charge >= 0.3 is 5.97 Å². The highest BCUT2D eigenvalue weighted by Gasteiger charge is 2.51. The molecule has 1 spiro atoms. The van der Waals surface area contributed by atoms with Crippen molar-refractivity contribution in [2.75, 3.05) is 0 Å². The first-order valence-electron chi connectivity index (χ1n) is 3.92. The fourth-order valence-electron chi connectivity index (χ4n) is 1.74. The van der Waals surface area contributed by atoms with E-state index >= 15 is 0 Å². The maximum absolute atomic E-state index is 11.1. The predicted molar refractivity (Wildman–Crippen MR) is 48.8 cm³/mol. The third-order valence-electron chi connectivity index (χ3n) is 2.61. The zero-order valence-electron chi connectivity index (χ0n) is 6.55. The third-order valence-corrected chi connectivity index (χ3v) is 3.16. The second-order valence-corrected chi connectivity index (χ2v) is 4.07. The Bertz CT molecular complexity index is 282. The Labute approximate surface area is 79.4 Å². The van der Waals surface area contributed by atoms with Gasteiger partial charge in [0.2, 0.25) is 0 Å². The highest BCUT2D eigenvalue weighted by atomic mass is 79.9. The van der Waals surface area contributed by atoms with Gasteiger partial charge in [0.1, 0.15) is 10.1 Å². The van der Waals surface area contributed by atoms with Gasteiger partial charge in [0.15, 0.2) is 0 Å². The summed E-state index contributed by atoms with van der Waals surface area (Å²) in [6.07, 6.45) is 5.71. The Morgan fingerprint density at radius 1 is 1.83 bits per heavy atom. The van der Waals surface area contributed by atoms with E-state index in [1.54, 1.807) is 0 Å². The van der Waals surface area contributed by atoms with Crippen LogP contribution in [0.5, 0.6) is 0 Å². The van der Waals surface area contributed by atoms with Crippen molar-refractivity contribution in [3.05, 3.63) is 23.2 Å². The van der Waals surface area contributed by atoms with E-state index in [-0.39, 0.29) is 11.6 Å². The first-order chi connectivity index (χ1) is 5.68. The summed E-state index contributed by atoms with van der Waals surface area (Å²) in [6, 6.07) is 0. The smallest absolute Gasteiger partial charge is 0.345 e. The first-order valence-corrected chi connectivity index (χ1v) is 4.71. The van der Waals surface area contributed by atoms with Gasteiger partial charge in [0.05, 0.1) is 0 Å². The van der Waals surface area contributed by atoms with E-state index in [4.69, 9.17) is 4.74 Å². The molecule has 0 N–H and O–H groups in total. The highest BCUT2D eigenvalue weighted by molar-refractivity contribution is 9.12. The van der Waals surface area contributed by atoms with Gasteiger partial charge in [-0.05, 0) is 34.8 Å². The van der Waals surface area contributed by atoms with E-state index in [0.29, 0.717) is 10.4 Å². The monoisotopic (exact) mass is 228 g/mol. The number of esters is 1. The van der Waals surface area contributed by atoms with Crippen molar-refractivity contribution in [3.8, 4) is 0 Å². The van der Waals surface area contributed by atoms with Crippen LogP contribution in [0.3, 0.4) is 0 Å². The van der Waals surface area contributed by atoms with Crippen LogP contribution >= 0.6 is 15.9 Å². The minimum atomic E-state index is -0.350. The molecule has 0 aromatic carbocycles. The minimum Gasteiger partial charge on any atom is -0.450 e. The lowest BCUT2D eigenvalue weighted by atomic mass is 9.70. The molecule has 1 aliphatic carbocycles. The molecule has 0 unspecified atom stereocenters. The molecule has 1 aliphatic heterocycles. The molecule has 3 heteroatoms. The Hall–Kier alpha value is -0.570. The summed E-state index contributed by atoms with van der Waals surface area (Å²) >= 11 is 3.16. The van der Waals surface area contributed by atoms with Gasteiger partial charge in [-0.1, -0.05) is 6.08 Å². The molecule has 1 saturated carbocycles. The van der Waals surface area contributed by atoms with E-state index < -0.39 is 0 Å². The van der Waals surface area contributed by atoms with Crippen LogP contribution in [0.2, 0.25) is 0 Å². The number of hydrogen-bond donors (Lipinski definition) is 0. The van der Waals surface area contributed by atoms with Crippen molar-refractivity contribution in [1.29, 1.82) is 0 Å². The molecular formula is C9H9BrO2. The molecular weight excluding hydrogens is 220 g/mol. The summed E-state index contributed by atoms with van der Waals surface area (Å²) in [7, 11) is 0. The number of rotatable bonds is 1. The van der Waals surface area contributed by atoms with Gasteiger partial charge in [-0.15, -0.1) is 6.58 Å². The van der Waals surface area contributed by atoms with E-state index in [1.807, 2.05) is 12.2 Å². The van der Waals surface area contributed by atoms with Crippen molar-refractivity contribution < 1.29 is 9.53 Å². The molecule has 0 saturated heterocycles. The number of halogens is 1. The van der Waals surface area contributed by atoms with Crippen LogP contribution in [0, 0.1) is 5.92 Å². The second-order valence-electron chi connectivity index (χ2n) is 3.22. The lowest BCUT2D eigenvalue weighted by Gasteiger charge is -2.42. The van der Waals surface area contributed by atoms with Crippen molar-refractivity contribution in [3.63, 3.8) is 0 Å². The average molecular weight is 229 g/mol. The molecule has 2 atom stereocenters. The Kier molecular flexibility index (Phi) is 1.65. The van der Waals surface area contributed by atoms with Gasteiger partial charge in [0, 0.05) is 5.92 Å². The molecule has 2 rings (SSSR count). The largest absolute Gasteiger partial charge is 0.450 e. The SMILES string of the molecule is C=C[C@H]1CC[C@]12C=C(Br)C(=O)O2. The quantitative estimate of drug-likeness (QED) is 0.508. The second kappa shape index (κ2) is 2.46. The average Bonchev–Trinajstić information content (AvgIpc) is 2.30. The first kappa shape index (κ1) is 8.05. The van der Waals surface area contributed by atoms with Gasteiger partial charge in [-0.25, -0.2) is 4.79 Å². The molecule has 0 radical (unpaired) electrons. The summed E-state index contributed by atoms with van der Waals surface area (Å²) in [5.41, 5.74) is -0.350. The summed E-state index contributed by atoms with van der Waals surface area (Å²) in [6.45, 7) is 3.72. The lowest BCUT2D eigenvalue weighted by molar-refractivity contribution is -0.156. The molecule has 0 bridgehead atoms. The third kappa shape index (κ3) is 0.891. The molecule has 0 aromatic rings. The van der Waals surface area contributed by atoms with Crippen LogP contribution in [0.25, 0.3) is 0 Å². The summed E-state index contributed by atoms with van der Waals surface area (Å²) in [5.74, 6) is 0.0538. The van der Waals surface area contributed by atoms with Gasteiger partial charge < -0.3 is 4.74 Å². The molecule has 64 valence electrons. The lowest BCUT2D eigenvalue weighted by Crippen LogP contribution is -2.45. The van der Waals surface area contributed by atoms with Crippen molar-refractivity contribution in [1.82, 2.24) is 0 Å². The molecule has 0 amide bonds. The van der Waals surface area contributed by atoms with Crippen molar-refractivity contribution in [2.45, 2.75) is 18.4 Å². The normalized spacial score (nSPS) is 38.9. The summed E-state index contributed by atoms with van der Waals surface area (Å²) in [5, 5.41) is 0. The maximum atomic E-state index is 11.1. The zero-order valence-corrected chi connectivity index (χ0v) is 8.13. The Morgan fingerprint density at radius 2 is 2.58 bits per heavy atom. The van der Waals surface area contributed by atoms with Crippen LogP contribution in [0.1, 0.15) is 12.8 Å². The van der Waals surface area contributed by atoms with Crippen LogP contribution in [-0.4, -0.2) is 11.6 Å². The van der Waals surface area contributed by atoms with Gasteiger partial charge in [-0.3, -0.25) is 0 Å². The molecule has 0 aromatic heterocycles. The predicted octanol–water partition coefficient (Wildman–Crippen LogP) is 2.16. The molecule has 2 aliphatic rings. The molecule has 12 heavy (non-hydrogen) atoms. The van der Waals surface area contributed by atoms with E-state index in [2.05, 4.69) is 22.5 Å². The van der Waals surface area contributed by atoms with E-state index in [1.165, 1.54) is 0 Å². The number of ether oxygens (including phenoxy) is 1. The van der Waals surface area contributed by atoms with E-state index in [9.17, 15) is 4.79 Å². The number of carbonyl (C=O) groups excluding carboxylic acids is 1. The van der Waals surface area contributed by atoms with Crippen LogP contribution in [0.4, 0.5) is 0 Å². The maximum Gasteiger partial charge on any atom is 0.345 e. The standard InChI is InChI=1S/C9H9BrO2/c1-2-6-3-4-9(6)5-7(10)8(11)12-9/h2,5-6H,1,3-4H2/t6-,9-/m0/s1.